The van der Waals surface area contributed by atoms with Gasteiger partial charge in [0.15, 0.2) is 11.6 Å². The second kappa shape index (κ2) is 9.74. The highest BCUT2D eigenvalue weighted by molar-refractivity contribution is 5.91. The molecule has 1 aliphatic carbocycles. The van der Waals surface area contributed by atoms with Gasteiger partial charge in [-0.3, -0.25) is 4.79 Å². The minimum absolute atomic E-state index is 0.0919. The zero-order valence-electron chi connectivity index (χ0n) is 19.8. The molecule has 1 fully saturated rings. The molecule has 38 heavy (non-hydrogen) atoms. The maximum atomic E-state index is 14.8. The van der Waals surface area contributed by atoms with Crippen LogP contribution >= 0.6 is 0 Å². The van der Waals surface area contributed by atoms with E-state index < -0.39 is 23.3 Å². The maximum Gasteiger partial charge on any atom is 0.401 e. The van der Waals surface area contributed by atoms with E-state index in [1.807, 2.05) is 24.3 Å². The number of aromatic nitrogens is 3. The molecule has 10 heteroatoms. The molecule has 0 saturated heterocycles. The fourth-order valence-corrected chi connectivity index (χ4v) is 4.08. The van der Waals surface area contributed by atoms with Gasteiger partial charge in [0.1, 0.15) is 17.1 Å². The lowest BCUT2D eigenvalue weighted by Crippen LogP contribution is -2.28. The van der Waals surface area contributed by atoms with E-state index in [9.17, 15) is 22.4 Å². The van der Waals surface area contributed by atoms with E-state index in [1.165, 1.54) is 12.1 Å². The van der Waals surface area contributed by atoms with E-state index in [0.717, 1.165) is 17.2 Å². The molecule has 2 aromatic carbocycles. The highest BCUT2D eigenvalue weighted by Gasteiger charge is 2.66. The van der Waals surface area contributed by atoms with E-state index >= 15 is 0 Å². The number of terminal acetylenes is 1. The fourth-order valence-electron chi connectivity index (χ4n) is 4.08. The first kappa shape index (κ1) is 25.1. The van der Waals surface area contributed by atoms with Crippen LogP contribution in [-0.2, 0) is 23.1 Å². The van der Waals surface area contributed by atoms with Crippen LogP contribution in [0.4, 0.5) is 23.4 Å². The third kappa shape index (κ3) is 5.13. The van der Waals surface area contributed by atoms with Crippen LogP contribution < -0.4 is 5.32 Å². The van der Waals surface area contributed by atoms with Crippen LogP contribution in [-0.4, -0.2) is 27.2 Å². The van der Waals surface area contributed by atoms with Gasteiger partial charge in [-0.1, -0.05) is 35.3 Å². The molecular weight excluding hydrogens is 500 g/mol. The maximum absolute atomic E-state index is 14.8. The summed E-state index contributed by atoms with van der Waals surface area (Å²) in [5, 5.41) is 5.87. The Labute approximate surface area is 215 Å². The van der Waals surface area contributed by atoms with Gasteiger partial charge in [-0.25, -0.2) is 14.4 Å². The molecule has 0 aliphatic heterocycles. The van der Waals surface area contributed by atoms with Crippen molar-refractivity contribution in [1.29, 1.82) is 0 Å². The Balaban J connectivity index is 1.21. The van der Waals surface area contributed by atoms with Crippen LogP contribution in [0.2, 0.25) is 0 Å². The molecule has 0 atom stereocenters. The fraction of sp³-hybridized carbons (Fsp3) is 0.214. The van der Waals surface area contributed by atoms with Gasteiger partial charge in [0, 0.05) is 36.0 Å². The summed E-state index contributed by atoms with van der Waals surface area (Å²) in [6.07, 6.45) is 4.08. The van der Waals surface area contributed by atoms with Crippen molar-refractivity contribution < 1.29 is 26.9 Å². The molecule has 0 unspecified atom stereocenters. The van der Waals surface area contributed by atoms with Crippen molar-refractivity contribution in [3.8, 4) is 23.5 Å². The molecular formula is C28H20F4N4O2. The second-order valence-corrected chi connectivity index (χ2v) is 9.09. The SMILES string of the molecule is C#Cc1ccc(Cc2ncc(-c3ccc(CC(=O)Nc4cc(C5(C(F)(F)F)CC5)on4)c(F)c3)cn2)cc1. The lowest BCUT2D eigenvalue weighted by Gasteiger charge is -2.14. The first-order valence-corrected chi connectivity index (χ1v) is 11.7. The highest BCUT2D eigenvalue weighted by Crippen LogP contribution is 2.59. The summed E-state index contributed by atoms with van der Waals surface area (Å²) >= 11 is 0. The van der Waals surface area contributed by atoms with Gasteiger partial charge in [0.2, 0.25) is 5.91 Å². The van der Waals surface area contributed by atoms with Crippen molar-refractivity contribution in [2.75, 3.05) is 5.32 Å². The summed E-state index contributed by atoms with van der Waals surface area (Å²) < 4.78 is 59.3. The molecule has 0 bridgehead atoms. The third-order valence-corrected chi connectivity index (χ3v) is 6.47. The van der Waals surface area contributed by atoms with Crippen molar-refractivity contribution in [2.45, 2.75) is 37.3 Å². The Morgan fingerprint density at radius 3 is 2.37 bits per heavy atom. The first-order chi connectivity index (χ1) is 18.2. The minimum Gasteiger partial charge on any atom is -0.358 e. The normalized spacial score (nSPS) is 14.1. The van der Waals surface area contributed by atoms with Gasteiger partial charge in [-0.2, -0.15) is 13.2 Å². The number of rotatable bonds is 7. The predicted octanol–water partition coefficient (Wildman–Crippen LogP) is 5.62. The number of hydrogen-bond acceptors (Lipinski definition) is 5. The van der Waals surface area contributed by atoms with Gasteiger partial charge in [-0.15, -0.1) is 6.42 Å². The van der Waals surface area contributed by atoms with Crippen molar-refractivity contribution in [1.82, 2.24) is 15.1 Å². The molecule has 5 rings (SSSR count). The molecule has 1 N–H and O–H groups in total. The van der Waals surface area contributed by atoms with E-state index in [4.69, 9.17) is 10.9 Å². The van der Waals surface area contributed by atoms with E-state index in [1.54, 1.807) is 18.5 Å². The summed E-state index contributed by atoms with van der Waals surface area (Å²) in [6.45, 7) is 0. The van der Waals surface area contributed by atoms with Gasteiger partial charge in [-0.05, 0) is 47.7 Å². The zero-order valence-corrected chi connectivity index (χ0v) is 19.8. The molecule has 0 radical (unpaired) electrons. The number of alkyl halides is 3. The smallest absolute Gasteiger partial charge is 0.358 e. The van der Waals surface area contributed by atoms with Crippen LogP contribution in [0, 0.1) is 18.2 Å². The van der Waals surface area contributed by atoms with Crippen LogP contribution in [0.1, 0.15) is 41.1 Å². The van der Waals surface area contributed by atoms with Crippen LogP contribution in [0.5, 0.6) is 0 Å². The number of amides is 1. The molecule has 1 saturated carbocycles. The zero-order chi connectivity index (χ0) is 26.9. The highest BCUT2D eigenvalue weighted by atomic mass is 19.4. The Kier molecular flexibility index (Phi) is 6.45. The Bertz CT molecular complexity index is 1520. The predicted molar refractivity (Wildman–Crippen MR) is 130 cm³/mol. The summed E-state index contributed by atoms with van der Waals surface area (Å²) in [4.78, 5) is 21.1. The van der Waals surface area contributed by atoms with Gasteiger partial charge < -0.3 is 9.84 Å². The van der Waals surface area contributed by atoms with Crippen molar-refractivity contribution in [2.24, 2.45) is 0 Å². The van der Waals surface area contributed by atoms with Crippen LogP contribution in [0.15, 0.2) is 65.4 Å². The number of anilines is 1. The average Bonchev–Trinajstić information content (AvgIpc) is 3.60. The largest absolute Gasteiger partial charge is 0.401 e. The van der Waals surface area contributed by atoms with Crippen molar-refractivity contribution in [3.05, 3.63) is 95.0 Å². The molecule has 192 valence electrons. The number of nitrogens with zero attached hydrogens (tertiary/aromatic N) is 3. The number of hydrogen-bond donors (Lipinski definition) is 1. The molecule has 1 aliphatic rings. The average molecular weight is 520 g/mol. The lowest BCUT2D eigenvalue weighted by molar-refractivity contribution is -0.165. The van der Waals surface area contributed by atoms with E-state index in [0.29, 0.717) is 23.4 Å². The van der Waals surface area contributed by atoms with Crippen LogP contribution in [0.3, 0.4) is 0 Å². The molecule has 4 aromatic rings. The Morgan fingerprint density at radius 2 is 1.76 bits per heavy atom. The topological polar surface area (TPSA) is 80.9 Å². The Morgan fingerprint density at radius 1 is 1.05 bits per heavy atom. The molecule has 2 heterocycles. The van der Waals surface area contributed by atoms with Gasteiger partial charge in [0.25, 0.3) is 0 Å². The molecule has 1 amide bonds. The third-order valence-electron chi connectivity index (χ3n) is 6.47. The molecule has 2 aromatic heterocycles. The number of nitrogens with one attached hydrogen (secondary N) is 1. The van der Waals surface area contributed by atoms with Crippen LogP contribution in [0.25, 0.3) is 11.1 Å². The Hall–Kier alpha value is -4.52. The standard InChI is InChI=1S/C28H20F4N4O2/c1-2-17-3-5-18(6-4-17)11-24-33-15-21(16-34-24)19-7-8-20(22(29)12-19)13-26(37)35-25-14-23(38-36-25)27(9-10-27)28(30,31)32/h1,3-8,12,14-16H,9-11,13H2,(H,35,36,37). The van der Waals surface area contributed by atoms with E-state index in [-0.39, 0.29) is 36.4 Å². The summed E-state index contributed by atoms with van der Waals surface area (Å²) in [6, 6.07) is 12.9. The molecule has 6 nitrogen and oxygen atoms in total. The second-order valence-electron chi connectivity index (χ2n) is 9.09. The van der Waals surface area contributed by atoms with Gasteiger partial charge >= 0.3 is 6.18 Å². The first-order valence-electron chi connectivity index (χ1n) is 11.7. The quantitative estimate of drug-likeness (QED) is 0.253. The van der Waals surface area contributed by atoms with Crippen molar-refractivity contribution >= 4 is 11.7 Å². The van der Waals surface area contributed by atoms with E-state index in [2.05, 4.69) is 26.4 Å². The number of benzene rings is 2. The summed E-state index contributed by atoms with van der Waals surface area (Å²) in [7, 11) is 0. The van der Waals surface area contributed by atoms with Gasteiger partial charge in [0.05, 0.1) is 6.42 Å². The number of carbonyl (C=O) groups is 1. The molecule has 0 spiro atoms. The summed E-state index contributed by atoms with van der Waals surface area (Å²) in [5.41, 5.74) is 0.977. The minimum atomic E-state index is -4.46. The number of halogens is 4. The number of carbonyl (C=O) groups excluding carboxylic acids is 1. The lowest BCUT2D eigenvalue weighted by atomic mass is 10.0. The summed E-state index contributed by atoms with van der Waals surface area (Å²) in [5.74, 6) is 1.40. The van der Waals surface area contributed by atoms with Crippen molar-refractivity contribution in [3.63, 3.8) is 0 Å². The monoisotopic (exact) mass is 520 g/mol.